The quantitative estimate of drug-likeness (QED) is 0.493. The number of rotatable bonds is 1. The fraction of sp³-hybridized carbons (Fsp3) is 0.667. The van der Waals surface area contributed by atoms with Crippen LogP contribution in [0.15, 0.2) is 4.99 Å². The lowest BCUT2D eigenvalue weighted by Gasteiger charge is -2.08. The zero-order valence-electron chi connectivity index (χ0n) is 7.14. The fourth-order valence-corrected chi connectivity index (χ4v) is 0.389. The molecule has 0 aromatic heterocycles. The summed E-state index contributed by atoms with van der Waals surface area (Å²) in [6.45, 7) is 3.21. The van der Waals surface area contributed by atoms with Crippen molar-refractivity contribution in [2.45, 2.75) is 20.2 Å². The van der Waals surface area contributed by atoms with Crippen LogP contribution in [0, 0.1) is 11.3 Å². The highest BCUT2D eigenvalue weighted by atomic mass is 19.4. The molecule has 0 fully saturated rings. The maximum Gasteiger partial charge on any atom is 0.575 e. The van der Waals surface area contributed by atoms with E-state index in [0.717, 1.165) is 0 Å². The van der Waals surface area contributed by atoms with Crippen molar-refractivity contribution in [1.29, 1.82) is 5.41 Å². The molecule has 4 nitrogen and oxygen atoms in total. The first-order valence-electron chi connectivity index (χ1n) is 3.40. The van der Waals surface area contributed by atoms with E-state index >= 15 is 0 Å². The Labute approximate surface area is 73.1 Å². The second-order valence-corrected chi connectivity index (χ2v) is 2.54. The first-order valence-corrected chi connectivity index (χ1v) is 3.40. The molecule has 0 unspecified atom stereocenters. The molecule has 0 rings (SSSR count). The van der Waals surface area contributed by atoms with Gasteiger partial charge in [-0.15, -0.1) is 13.2 Å². The number of nitrogens with one attached hydrogen (secondary N) is 1. The summed E-state index contributed by atoms with van der Waals surface area (Å²) in [6, 6.07) is -1.06. The van der Waals surface area contributed by atoms with Gasteiger partial charge in [0, 0.05) is 5.92 Å². The number of ether oxygens (including phenoxy) is 1. The van der Waals surface area contributed by atoms with Crippen molar-refractivity contribution in [2.75, 3.05) is 0 Å². The molecule has 0 radical (unpaired) electrons. The van der Waals surface area contributed by atoms with Crippen molar-refractivity contribution in [3.05, 3.63) is 0 Å². The maximum atomic E-state index is 11.5. The van der Waals surface area contributed by atoms with E-state index in [4.69, 9.17) is 11.1 Å². The third-order valence-corrected chi connectivity index (χ3v) is 0.998. The number of amidine groups is 2. The maximum absolute atomic E-state index is 11.5. The minimum Gasteiger partial charge on any atom is -0.373 e. The lowest BCUT2D eigenvalue weighted by molar-refractivity contribution is -0.283. The molecule has 0 aromatic rings. The van der Waals surface area contributed by atoms with Crippen LogP contribution < -0.4 is 5.73 Å². The van der Waals surface area contributed by atoms with Gasteiger partial charge in [0.25, 0.3) is 6.02 Å². The molecular formula is C6H10F3N3O. The van der Waals surface area contributed by atoms with Gasteiger partial charge in [0.05, 0.1) is 0 Å². The van der Waals surface area contributed by atoms with Crippen LogP contribution >= 0.6 is 0 Å². The second kappa shape index (κ2) is 4.11. The molecule has 76 valence electrons. The van der Waals surface area contributed by atoms with Crippen LogP contribution in [0.4, 0.5) is 13.2 Å². The lowest BCUT2D eigenvalue weighted by Crippen LogP contribution is -2.27. The Kier molecular flexibility index (Phi) is 3.70. The number of halogens is 3. The van der Waals surface area contributed by atoms with Crippen molar-refractivity contribution in [3.8, 4) is 0 Å². The van der Waals surface area contributed by atoms with E-state index in [1.165, 1.54) is 0 Å². The van der Waals surface area contributed by atoms with Crippen molar-refractivity contribution in [3.63, 3.8) is 0 Å². The molecule has 0 amide bonds. The normalized spacial score (nSPS) is 13.2. The van der Waals surface area contributed by atoms with Gasteiger partial charge >= 0.3 is 6.36 Å². The lowest BCUT2D eigenvalue weighted by atomic mass is 10.2. The van der Waals surface area contributed by atoms with Crippen LogP contribution in [0.5, 0.6) is 0 Å². The Morgan fingerprint density at radius 1 is 1.46 bits per heavy atom. The molecule has 7 heteroatoms. The monoisotopic (exact) mass is 197 g/mol. The van der Waals surface area contributed by atoms with Crippen LogP contribution in [-0.2, 0) is 4.74 Å². The summed E-state index contributed by atoms with van der Waals surface area (Å²) in [7, 11) is 0. The van der Waals surface area contributed by atoms with Gasteiger partial charge in [-0.2, -0.15) is 4.99 Å². The molecule has 13 heavy (non-hydrogen) atoms. The fourth-order valence-electron chi connectivity index (χ4n) is 0.389. The Morgan fingerprint density at radius 2 is 1.92 bits per heavy atom. The predicted octanol–water partition coefficient (Wildman–Crippen LogP) is 1.47. The van der Waals surface area contributed by atoms with Gasteiger partial charge in [-0.25, -0.2) is 0 Å². The average molecular weight is 197 g/mol. The summed E-state index contributed by atoms with van der Waals surface area (Å²) in [4.78, 5) is 3.10. The summed E-state index contributed by atoms with van der Waals surface area (Å²) in [5.41, 5.74) is 4.77. The van der Waals surface area contributed by atoms with Crippen molar-refractivity contribution < 1.29 is 17.9 Å². The molecule has 0 aliphatic heterocycles. The van der Waals surface area contributed by atoms with Gasteiger partial charge in [0.1, 0.15) is 5.84 Å². The van der Waals surface area contributed by atoms with Crippen LogP contribution in [0.25, 0.3) is 0 Å². The van der Waals surface area contributed by atoms with Crippen molar-refractivity contribution in [1.82, 2.24) is 0 Å². The van der Waals surface area contributed by atoms with Gasteiger partial charge in [0.2, 0.25) is 0 Å². The molecule has 0 aliphatic rings. The number of nitrogens with zero attached hydrogens (tertiary/aromatic N) is 1. The third-order valence-electron chi connectivity index (χ3n) is 0.998. The Morgan fingerprint density at radius 3 is 2.23 bits per heavy atom. The number of nitrogens with two attached hydrogens (primary N) is 1. The number of aliphatic imine (C=N–C) groups is 1. The molecule has 0 atom stereocenters. The summed E-state index contributed by atoms with van der Waals surface area (Å²) in [5.74, 6) is -0.558. The van der Waals surface area contributed by atoms with E-state index in [9.17, 15) is 13.2 Å². The number of alkyl halides is 3. The SMILES string of the molecule is CC(C)C(=N)N=C(N)OC(F)(F)F. The van der Waals surface area contributed by atoms with E-state index in [1.807, 2.05) is 0 Å². The molecular weight excluding hydrogens is 187 g/mol. The highest BCUT2D eigenvalue weighted by molar-refractivity contribution is 5.92. The molecule has 0 aliphatic carbocycles. The summed E-state index contributed by atoms with van der Waals surface area (Å²) < 4.78 is 37.8. The first-order chi connectivity index (χ1) is 5.72. The van der Waals surface area contributed by atoms with Crippen LogP contribution in [-0.4, -0.2) is 18.2 Å². The standard InChI is InChI=1S/C6H10F3N3O/c1-3(2)4(10)12-5(11)13-6(7,8)9/h3H,1-2H3,(H3,10,11,12). The predicted molar refractivity (Wildman–Crippen MR) is 41.3 cm³/mol. The first kappa shape index (κ1) is 11.7. The van der Waals surface area contributed by atoms with E-state index in [-0.39, 0.29) is 11.8 Å². The topological polar surface area (TPSA) is 71.5 Å². The van der Waals surface area contributed by atoms with Crippen LogP contribution in [0.1, 0.15) is 13.8 Å². The van der Waals surface area contributed by atoms with Gasteiger partial charge in [0.15, 0.2) is 0 Å². The zero-order valence-corrected chi connectivity index (χ0v) is 7.14. The average Bonchev–Trinajstić information content (AvgIpc) is 1.81. The minimum absolute atomic E-state index is 0.262. The molecule has 0 spiro atoms. The zero-order chi connectivity index (χ0) is 10.6. The third kappa shape index (κ3) is 5.94. The van der Waals surface area contributed by atoms with Crippen molar-refractivity contribution >= 4 is 11.9 Å². The Bertz CT molecular complexity index is 222. The summed E-state index contributed by atoms with van der Waals surface area (Å²) in [5, 5.41) is 7.07. The molecule has 0 aromatic carbocycles. The van der Waals surface area contributed by atoms with E-state index in [1.54, 1.807) is 13.8 Å². The Hall–Kier alpha value is -1.27. The van der Waals surface area contributed by atoms with E-state index in [0.29, 0.717) is 0 Å². The largest absolute Gasteiger partial charge is 0.575 e. The second-order valence-electron chi connectivity index (χ2n) is 2.54. The molecule has 0 saturated carbocycles. The molecule has 0 heterocycles. The van der Waals surface area contributed by atoms with Gasteiger partial charge in [-0.3, -0.25) is 5.41 Å². The highest BCUT2D eigenvalue weighted by Gasteiger charge is 2.32. The van der Waals surface area contributed by atoms with Crippen LogP contribution in [0.3, 0.4) is 0 Å². The molecule has 0 bridgehead atoms. The summed E-state index contributed by atoms with van der Waals surface area (Å²) in [6.07, 6.45) is -4.86. The molecule has 3 N–H and O–H groups in total. The van der Waals surface area contributed by atoms with Gasteiger partial charge in [-0.1, -0.05) is 13.8 Å². The van der Waals surface area contributed by atoms with E-state index < -0.39 is 12.4 Å². The van der Waals surface area contributed by atoms with Crippen LogP contribution in [0.2, 0.25) is 0 Å². The Balaban J connectivity index is 4.26. The van der Waals surface area contributed by atoms with Crippen molar-refractivity contribution in [2.24, 2.45) is 16.6 Å². The number of hydrogen-bond donors (Lipinski definition) is 2. The van der Waals surface area contributed by atoms with Gasteiger partial charge < -0.3 is 10.5 Å². The smallest absolute Gasteiger partial charge is 0.373 e. The highest BCUT2D eigenvalue weighted by Crippen LogP contribution is 2.15. The number of hydrogen-bond acceptors (Lipinski definition) is 2. The van der Waals surface area contributed by atoms with E-state index in [2.05, 4.69) is 9.73 Å². The summed E-state index contributed by atoms with van der Waals surface area (Å²) >= 11 is 0. The molecule has 0 saturated heterocycles. The van der Waals surface area contributed by atoms with Gasteiger partial charge in [-0.05, 0) is 0 Å². The minimum atomic E-state index is -4.86.